The number of hydrogen-bond donors (Lipinski definition) is 2. The Hall–Kier alpha value is -1.86. The van der Waals surface area contributed by atoms with E-state index in [1.54, 1.807) is 0 Å². The summed E-state index contributed by atoms with van der Waals surface area (Å²) in [5, 5.41) is 7.24. The van der Waals surface area contributed by atoms with Gasteiger partial charge in [-0.3, -0.25) is 4.99 Å². The number of aliphatic imine (C=N–C) groups is 1. The molecule has 3 aliphatic rings. The van der Waals surface area contributed by atoms with E-state index in [-0.39, 0.29) is 11.5 Å². The summed E-state index contributed by atoms with van der Waals surface area (Å²) in [4.78, 5) is 11.4. The fourth-order valence-corrected chi connectivity index (χ4v) is 5.58. The van der Waals surface area contributed by atoms with Gasteiger partial charge in [0.25, 0.3) is 0 Å². The first kappa shape index (κ1) is 22.3. The minimum absolute atomic E-state index is 0.246. The average Bonchev–Trinajstić information content (AvgIpc) is 2.81. The van der Waals surface area contributed by atoms with Gasteiger partial charge in [0.05, 0.1) is 18.8 Å². The number of rotatable bonds is 6. The molecular weight excluding hydrogens is 390 g/mol. The second-order valence-electron chi connectivity index (χ2n) is 9.25. The molecule has 172 valence electrons. The van der Waals surface area contributed by atoms with Gasteiger partial charge in [0.15, 0.2) is 5.96 Å². The van der Waals surface area contributed by atoms with Crippen LogP contribution >= 0.6 is 0 Å². The molecule has 0 bridgehead atoms. The molecule has 3 unspecified atom stereocenters. The summed E-state index contributed by atoms with van der Waals surface area (Å²) >= 11 is 0. The largest absolute Gasteiger partial charge is 0.378 e. The molecule has 1 spiro atoms. The van der Waals surface area contributed by atoms with Crippen molar-refractivity contribution in [3.05, 3.63) is 23.9 Å². The van der Waals surface area contributed by atoms with Crippen LogP contribution in [0.2, 0.25) is 0 Å². The van der Waals surface area contributed by atoms with Crippen LogP contribution in [-0.2, 0) is 16.0 Å². The third kappa shape index (κ3) is 4.98. The van der Waals surface area contributed by atoms with Crippen LogP contribution in [0.4, 0.5) is 5.82 Å². The molecule has 3 atom stereocenters. The monoisotopic (exact) mass is 429 g/mol. The molecule has 1 saturated heterocycles. The van der Waals surface area contributed by atoms with Crippen molar-refractivity contribution in [3.63, 3.8) is 0 Å². The summed E-state index contributed by atoms with van der Waals surface area (Å²) in [5.41, 5.74) is 1.49. The van der Waals surface area contributed by atoms with Gasteiger partial charge in [-0.05, 0) is 50.8 Å². The minimum atomic E-state index is 0.246. The molecule has 2 aliphatic carbocycles. The summed E-state index contributed by atoms with van der Waals surface area (Å²) in [5.74, 6) is 1.90. The SMILES string of the molecule is CCOC1CC(NC(=NC)NCc2ccnc(N3CCOC(C)C3)c2)C12CCCCC2. The topological polar surface area (TPSA) is 71.0 Å². The van der Waals surface area contributed by atoms with Crippen molar-refractivity contribution in [1.29, 1.82) is 0 Å². The Bertz CT molecular complexity index is 749. The molecule has 2 N–H and O–H groups in total. The average molecular weight is 430 g/mol. The molecule has 7 heteroatoms. The molecule has 0 radical (unpaired) electrons. The Labute approximate surface area is 187 Å². The number of anilines is 1. The van der Waals surface area contributed by atoms with Gasteiger partial charge in [-0.1, -0.05) is 19.3 Å². The van der Waals surface area contributed by atoms with Crippen molar-refractivity contribution in [2.75, 3.05) is 38.3 Å². The normalized spacial score (nSPS) is 28.3. The molecule has 1 aliphatic heterocycles. The van der Waals surface area contributed by atoms with Crippen molar-refractivity contribution in [3.8, 4) is 0 Å². The number of guanidine groups is 1. The van der Waals surface area contributed by atoms with E-state index in [0.717, 1.165) is 51.0 Å². The maximum absolute atomic E-state index is 6.10. The highest BCUT2D eigenvalue weighted by molar-refractivity contribution is 5.80. The van der Waals surface area contributed by atoms with Crippen LogP contribution in [-0.4, -0.2) is 62.5 Å². The molecule has 0 aromatic carbocycles. The lowest BCUT2D eigenvalue weighted by atomic mass is 9.55. The highest BCUT2D eigenvalue weighted by atomic mass is 16.5. The number of nitrogens with one attached hydrogen (secondary N) is 2. The molecule has 1 aromatic rings. The van der Waals surface area contributed by atoms with E-state index in [4.69, 9.17) is 9.47 Å². The second-order valence-corrected chi connectivity index (χ2v) is 9.25. The summed E-state index contributed by atoms with van der Waals surface area (Å²) in [6.45, 7) is 8.29. The molecule has 2 heterocycles. The van der Waals surface area contributed by atoms with E-state index in [1.165, 1.54) is 37.7 Å². The van der Waals surface area contributed by atoms with Crippen LogP contribution in [0.1, 0.15) is 57.9 Å². The predicted molar refractivity (Wildman–Crippen MR) is 125 cm³/mol. The lowest BCUT2D eigenvalue weighted by molar-refractivity contribution is -0.145. The maximum Gasteiger partial charge on any atom is 0.191 e. The first-order valence-corrected chi connectivity index (χ1v) is 12.0. The lowest BCUT2D eigenvalue weighted by Gasteiger charge is -2.57. The number of morpholine rings is 1. The van der Waals surface area contributed by atoms with Crippen molar-refractivity contribution >= 4 is 11.8 Å². The van der Waals surface area contributed by atoms with E-state index in [9.17, 15) is 0 Å². The number of pyridine rings is 1. The molecule has 3 fully saturated rings. The highest BCUT2D eigenvalue weighted by Crippen LogP contribution is 2.53. The standard InChI is InChI=1S/C24H39N5O2/c1-4-30-21-15-20(24(21)9-6-5-7-10-24)28-23(25-3)27-16-19-8-11-26-22(14-19)29-12-13-31-18(2)17-29/h8,11,14,18,20-21H,4-7,9-10,12-13,15-17H2,1-3H3,(H2,25,27,28). The second kappa shape index (κ2) is 10.2. The predicted octanol–water partition coefficient (Wildman–Crippen LogP) is 3.10. The quantitative estimate of drug-likeness (QED) is 0.535. The fraction of sp³-hybridized carbons (Fsp3) is 0.750. The molecule has 1 aromatic heterocycles. The van der Waals surface area contributed by atoms with Gasteiger partial charge >= 0.3 is 0 Å². The zero-order chi connectivity index (χ0) is 21.7. The van der Waals surface area contributed by atoms with Gasteiger partial charge in [0.2, 0.25) is 0 Å². The van der Waals surface area contributed by atoms with Gasteiger partial charge in [0, 0.05) is 50.9 Å². The van der Waals surface area contributed by atoms with E-state index >= 15 is 0 Å². The van der Waals surface area contributed by atoms with Crippen LogP contribution < -0.4 is 15.5 Å². The zero-order valence-electron chi connectivity index (χ0n) is 19.4. The Morgan fingerprint density at radius 1 is 1.35 bits per heavy atom. The molecule has 31 heavy (non-hydrogen) atoms. The smallest absolute Gasteiger partial charge is 0.191 e. The molecule has 7 nitrogen and oxygen atoms in total. The highest BCUT2D eigenvalue weighted by Gasteiger charge is 2.55. The van der Waals surface area contributed by atoms with Gasteiger partial charge in [-0.2, -0.15) is 0 Å². The third-order valence-corrected chi connectivity index (χ3v) is 7.31. The van der Waals surface area contributed by atoms with Crippen LogP contribution in [0.3, 0.4) is 0 Å². The Morgan fingerprint density at radius 2 is 2.19 bits per heavy atom. The van der Waals surface area contributed by atoms with Crippen molar-refractivity contribution in [2.24, 2.45) is 10.4 Å². The van der Waals surface area contributed by atoms with E-state index in [0.29, 0.717) is 12.1 Å². The van der Waals surface area contributed by atoms with Gasteiger partial charge in [-0.25, -0.2) is 4.98 Å². The van der Waals surface area contributed by atoms with Gasteiger partial charge < -0.3 is 25.0 Å². The van der Waals surface area contributed by atoms with Crippen LogP contribution in [0, 0.1) is 5.41 Å². The Morgan fingerprint density at radius 3 is 2.94 bits per heavy atom. The first-order chi connectivity index (χ1) is 15.1. The molecule has 2 saturated carbocycles. The maximum atomic E-state index is 6.10. The summed E-state index contributed by atoms with van der Waals surface area (Å²) in [6.07, 6.45) is 10.1. The fourth-order valence-electron chi connectivity index (χ4n) is 5.58. The summed E-state index contributed by atoms with van der Waals surface area (Å²) in [6, 6.07) is 4.69. The molecule has 0 amide bonds. The van der Waals surface area contributed by atoms with Crippen molar-refractivity contribution in [1.82, 2.24) is 15.6 Å². The van der Waals surface area contributed by atoms with E-state index < -0.39 is 0 Å². The number of aromatic nitrogens is 1. The first-order valence-electron chi connectivity index (χ1n) is 12.0. The molecular formula is C24H39N5O2. The van der Waals surface area contributed by atoms with Gasteiger partial charge in [-0.15, -0.1) is 0 Å². The Kier molecular flexibility index (Phi) is 7.33. The summed E-state index contributed by atoms with van der Waals surface area (Å²) < 4.78 is 11.8. The van der Waals surface area contributed by atoms with E-state index in [1.807, 2.05) is 13.2 Å². The van der Waals surface area contributed by atoms with E-state index in [2.05, 4.69) is 51.5 Å². The van der Waals surface area contributed by atoms with Gasteiger partial charge in [0.1, 0.15) is 5.82 Å². The van der Waals surface area contributed by atoms with Crippen LogP contribution in [0.5, 0.6) is 0 Å². The number of nitrogens with zero attached hydrogens (tertiary/aromatic N) is 3. The number of ether oxygens (including phenoxy) is 2. The van der Waals surface area contributed by atoms with Crippen molar-refractivity contribution < 1.29 is 9.47 Å². The van der Waals surface area contributed by atoms with Crippen LogP contribution in [0.25, 0.3) is 0 Å². The zero-order valence-corrected chi connectivity index (χ0v) is 19.4. The lowest BCUT2D eigenvalue weighted by Crippen LogP contribution is -2.66. The Balaban J connectivity index is 1.34. The molecule has 4 rings (SSSR count). The minimum Gasteiger partial charge on any atom is -0.378 e. The summed E-state index contributed by atoms with van der Waals surface area (Å²) in [7, 11) is 1.86. The van der Waals surface area contributed by atoms with Crippen molar-refractivity contribution in [2.45, 2.75) is 77.2 Å². The number of hydrogen-bond acceptors (Lipinski definition) is 5. The third-order valence-electron chi connectivity index (χ3n) is 7.31. The van der Waals surface area contributed by atoms with Crippen LogP contribution in [0.15, 0.2) is 23.3 Å².